The van der Waals surface area contributed by atoms with Gasteiger partial charge in [-0.25, -0.2) is 4.79 Å². The highest BCUT2D eigenvalue weighted by atomic mass is 19.4. The molecular weight excluding hydrogens is 239 g/mol. The fourth-order valence-electron chi connectivity index (χ4n) is 1.65. The second-order valence-corrected chi connectivity index (χ2v) is 3.86. The van der Waals surface area contributed by atoms with E-state index in [1.165, 1.54) is 12.8 Å². The maximum absolute atomic E-state index is 10.6. The number of carboxylic acids is 1. The Balaban J connectivity index is 0.000000185. The van der Waals surface area contributed by atoms with Crippen molar-refractivity contribution in [1.82, 2.24) is 10.6 Å². The topological polar surface area (TPSA) is 73.7 Å². The fraction of sp³-hybridized carbons (Fsp3) is 0.778. The van der Waals surface area contributed by atoms with Crippen LogP contribution >= 0.6 is 0 Å². The number of nitrogens with one attached hydrogen (secondary N) is 2. The third-order valence-electron chi connectivity index (χ3n) is 2.60. The van der Waals surface area contributed by atoms with Crippen LogP contribution in [-0.4, -0.2) is 48.8 Å². The standard InChI is InChI=1S/C7H13N3.C2HF3O2/c1-3-8-4-2-7(1)5-9-6-10-7;3-2(4,5)1(6)7/h5,8,10H,1-4,6H2;(H,6,7). The Morgan fingerprint density at radius 1 is 1.35 bits per heavy atom. The predicted molar refractivity (Wildman–Crippen MR) is 55.0 cm³/mol. The number of hydrogen-bond acceptors (Lipinski definition) is 4. The second kappa shape index (κ2) is 5.46. The van der Waals surface area contributed by atoms with Crippen molar-refractivity contribution in [1.29, 1.82) is 0 Å². The fourth-order valence-corrected chi connectivity index (χ4v) is 1.65. The van der Waals surface area contributed by atoms with Gasteiger partial charge in [0.2, 0.25) is 0 Å². The number of halogens is 3. The van der Waals surface area contributed by atoms with Gasteiger partial charge < -0.3 is 10.4 Å². The van der Waals surface area contributed by atoms with Gasteiger partial charge in [0, 0.05) is 6.21 Å². The normalized spacial score (nSPS) is 22.1. The summed E-state index contributed by atoms with van der Waals surface area (Å²) in [4.78, 5) is 13.1. The predicted octanol–water partition coefficient (Wildman–Crippen LogP) is 0.373. The van der Waals surface area contributed by atoms with Gasteiger partial charge in [0.15, 0.2) is 0 Å². The lowest BCUT2D eigenvalue weighted by atomic mass is 9.91. The average molecular weight is 253 g/mol. The number of aliphatic imine (C=N–C) groups is 1. The van der Waals surface area contributed by atoms with Crippen molar-refractivity contribution in [2.24, 2.45) is 4.99 Å². The molecule has 2 rings (SSSR count). The van der Waals surface area contributed by atoms with Gasteiger partial charge in [-0.2, -0.15) is 13.2 Å². The molecule has 0 radical (unpaired) electrons. The highest BCUT2D eigenvalue weighted by Gasteiger charge is 2.38. The van der Waals surface area contributed by atoms with E-state index in [-0.39, 0.29) is 5.54 Å². The number of hydrogen-bond donors (Lipinski definition) is 3. The lowest BCUT2D eigenvalue weighted by molar-refractivity contribution is -0.192. The minimum atomic E-state index is -5.08. The lowest BCUT2D eigenvalue weighted by Gasteiger charge is -2.31. The number of carbonyl (C=O) groups is 1. The summed E-state index contributed by atoms with van der Waals surface area (Å²) >= 11 is 0. The summed E-state index contributed by atoms with van der Waals surface area (Å²) in [5.41, 5.74) is 0.269. The molecule has 0 aliphatic carbocycles. The Labute approximate surface area is 96.1 Å². The van der Waals surface area contributed by atoms with Crippen molar-refractivity contribution in [3.05, 3.63) is 0 Å². The molecule has 1 spiro atoms. The minimum absolute atomic E-state index is 0.269. The molecule has 2 aliphatic heterocycles. The van der Waals surface area contributed by atoms with Crippen LogP contribution in [0.2, 0.25) is 0 Å². The molecule has 0 amide bonds. The molecular formula is C9H14F3N3O2. The molecule has 2 heterocycles. The summed E-state index contributed by atoms with van der Waals surface area (Å²) in [6, 6.07) is 0. The van der Waals surface area contributed by atoms with Gasteiger partial charge >= 0.3 is 12.1 Å². The summed E-state index contributed by atoms with van der Waals surface area (Å²) in [6.07, 6.45) is -0.610. The number of carboxylic acid groups (broad SMARTS) is 1. The third-order valence-corrected chi connectivity index (χ3v) is 2.60. The van der Waals surface area contributed by atoms with E-state index in [9.17, 15) is 13.2 Å². The van der Waals surface area contributed by atoms with Crippen LogP contribution in [0.25, 0.3) is 0 Å². The summed E-state index contributed by atoms with van der Waals surface area (Å²) < 4.78 is 31.7. The molecule has 0 aromatic carbocycles. The molecule has 0 atom stereocenters. The first kappa shape index (κ1) is 13.9. The number of alkyl halides is 3. The summed E-state index contributed by atoms with van der Waals surface area (Å²) in [5.74, 6) is -2.76. The molecule has 1 saturated heterocycles. The minimum Gasteiger partial charge on any atom is -0.475 e. The average Bonchev–Trinajstić information content (AvgIpc) is 2.67. The summed E-state index contributed by atoms with van der Waals surface area (Å²) in [5, 5.41) is 13.9. The highest BCUT2D eigenvalue weighted by molar-refractivity contribution is 5.73. The van der Waals surface area contributed by atoms with Crippen LogP contribution in [0.5, 0.6) is 0 Å². The van der Waals surface area contributed by atoms with E-state index in [1.807, 2.05) is 0 Å². The molecule has 0 aromatic heterocycles. The number of piperidine rings is 1. The van der Waals surface area contributed by atoms with Crippen molar-refractivity contribution in [3.63, 3.8) is 0 Å². The van der Waals surface area contributed by atoms with Crippen LogP contribution in [0.4, 0.5) is 13.2 Å². The van der Waals surface area contributed by atoms with E-state index in [0.717, 1.165) is 19.8 Å². The smallest absolute Gasteiger partial charge is 0.475 e. The van der Waals surface area contributed by atoms with Gasteiger partial charge in [0.25, 0.3) is 0 Å². The van der Waals surface area contributed by atoms with Crippen LogP contribution in [0, 0.1) is 0 Å². The highest BCUT2D eigenvalue weighted by Crippen LogP contribution is 2.18. The van der Waals surface area contributed by atoms with Crippen LogP contribution in [0.3, 0.4) is 0 Å². The molecule has 2 aliphatic rings. The van der Waals surface area contributed by atoms with Gasteiger partial charge in [0.1, 0.15) is 0 Å². The van der Waals surface area contributed by atoms with E-state index in [1.54, 1.807) is 0 Å². The Morgan fingerprint density at radius 2 is 1.88 bits per heavy atom. The molecule has 8 heteroatoms. The Bertz CT molecular complexity index is 298. The van der Waals surface area contributed by atoms with Crippen molar-refractivity contribution in [3.8, 4) is 0 Å². The number of rotatable bonds is 0. The van der Waals surface area contributed by atoms with Crippen molar-refractivity contribution < 1.29 is 23.1 Å². The second-order valence-electron chi connectivity index (χ2n) is 3.86. The maximum atomic E-state index is 10.6. The van der Waals surface area contributed by atoms with E-state index in [0.29, 0.717) is 0 Å². The van der Waals surface area contributed by atoms with Crippen LogP contribution < -0.4 is 10.6 Å². The van der Waals surface area contributed by atoms with E-state index in [4.69, 9.17) is 9.90 Å². The molecule has 0 aromatic rings. The SMILES string of the molecule is C1=NCNC12CCNCC2.O=C(O)C(F)(F)F. The molecule has 0 saturated carbocycles. The largest absolute Gasteiger partial charge is 0.490 e. The van der Waals surface area contributed by atoms with E-state index >= 15 is 0 Å². The van der Waals surface area contributed by atoms with Crippen LogP contribution in [0.15, 0.2) is 4.99 Å². The van der Waals surface area contributed by atoms with Crippen LogP contribution in [-0.2, 0) is 4.79 Å². The molecule has 3 N–H and O–H groups in total. The summed E-state index contributed by atoms with van der Waals surface area (Å²) in [6.45, 7) is 3.07. The van der Waals surface area contributed by atoms with Gasteiger partial charge in [-0.15, -0.1) is 0 Å². The molecule has 0 bridgehead atoms. The Kier molecular flexibility index (Phi) is 4.47. The van der Waals surface area contributed by atoms with Crippen molar-refractivity contribution >= 4 is 12.2 Å². The first-order valence-corrected chi connectivity index (χ1v) is 5.13. The molecule has 1 fully saturated rings. The van der Waals surface area contributed by atoms with Crippen molar-refractivity contribution in [2.45, 2.75) is 24.6 Å². The monoisotopic (exact) mass is 253 g/mol. The Morgan fingerprint density at radius 3 is 2.24 bits per heavy atom. The van der Waals surface area contributed by atoms with Crippen LogP contribution in [0.1, 0.15) is 12.8 Å². The number of aliphatic carboxylic acids is 1. The molecule has 5 nitrogen and oxygen atoms in total. The van der Waals surface area contributed by atoms with E-state index < -0.39 is 12.1 Å². The zero-order valence-corrected chi connectivity index (χ0v) is 9.05. The first-order valence-electron chi connectivity index (χ1n) is 5.13. The zero-order chi connectivity index (χ0) is 12.9. The quantitative estimate of drug-likeness (QED) is 0.583. The summed E-state index contributed by atoms with van der Waals surface area (Å²) in [7, 11) is 0. The number of nitrogens with zero attached hydrogens (tertiary/aromatic N) is 1. The Hall–Kier alpha value is -1.15. The van der Waals surface area contributed by atoms with Gasteiger partial charge in [-0.3, -0.25) is 10.3 Å². The first-order chi connectivity index (χ1) is 7.86. The molecule has 17 heavy (non-hydrogen) atoms. The zero-order valence-electron chi connectivity index (χ0n) is 9.05. The van der Waals surface area contributed by atoms with Gasteiger partial charge in [-0.05, 0) is 25.9 Å². The maximum Gasteiger partial charge on any atom is 0.490 e. The van der Waals surface area contributed by atoms with Gasteiger partial charge in [0.05, 0.1) is 12.2 Å². The molecule has 0 unspecified atom stereocenters. The van der Waals surface area contributed by atoms with E-state index in [2.05, 4.69) is 21.8 Å². The lowest BCUT2D eigenvalue weighted by Crippen LogP contribution is -2.50. The van der Waals surface area contributed by atoms with Gasteiger partial charge in [-0.1, -0.05) is 0 Å². The van der Waals surface area contributed by atoms with Crippen molar-refractivity contribution in [2.75, 3.05) is 19.8 Å². The third kappa shape index (κ3) is 4.31. The molecule has 98 valence electrons.